The Balaban J connectivity index is 1.97. The van der Waals surface area contributed by atoms with Gasteiger partial charge in [-0.25, -0.2) is 13.9 Å². The van der Waals surface area contributed by atoms with Crippen LogP contribution in [0.15, 0.2) is 47.4 Å². The summed E-state index contributed by atoms with van der Waals surface area (Å²) in [5.41, 5.74) is 1.64. The highest BCUT2D eigenvalue weighted by molar-refractivity contribution is 7.89. The van der Waals surface area contributed by atoms with Crippen LogP contribution >= 0.6 is 0 Å². The highest BCUT2D eigenvalue weighted by Crippen LogP contribution is 2.25. The minimum atomic E-state index is -3.99. The van der Waals surface area contributed by atoms with Gasteiger partial charge >= 0.3 is 0 Å². The molecule has 3 rings (SSSR count). The number of benzene rings is 2. The minimum Gasteiger partial charge on any atom is -0.379 e. The Morgan fingerprint density at radius 3 is 2.47 bits per heavy atom. The van der Waals surface area contributed by atoms with Gasteiger partial charge in [0.1, 0.15) is 6.04 Å². The summed E-state index contributed by atoms with van der Waals surface area (Å²) in [5.74, 6) is -1.08. The lowest BCUT2D eigenvalue weighted by molar-refractivity contribution is -0.134. The maximum atomic E-state index is 13.6. The molecule has 0 bridgehead atoms. The fraction of sp³-hybridized carbons (Fsp3) is 0.476. The van der Waals surface area contributed by atoms with Crippen LogP contribution < -0.4 is 5.48 Å². The number of nitrogens with one attached hydrogen (secondary N) is 1. The second kappa shape index (κ2) is 9.84. The van der Waals surface area contributed by atoms with Crippen molar-refractivity contribution in [1.82, 2.24) is 14.7 Å². The van der Waals surface area contributed by atoms with E-state index in [-0.39, 0.29) is 17.4 Å². The molecule has 1 unspecified atom stereocenters. The van der Waals surface area contributed by atoms with Crippen molar-refractivity contribution in [2.75, 3.05) is 39.4 Å². The standard InChI is InChI=1S/C21H29N3O5S/c1-16(2)20(21(25)22-26)24(10-9-23-11-13-29-14-12-23)30(27,28)19-8-7-17-5-3-4-6-18(17)15-19/h3-8,15-16,20,26H,9-14H2,1-2H3,(H,22,25). The lowest BCUT2D eigenvalue weighted by Crippen LogP contribution is -2.54. The summed E-state index contributed by atoms with van der Waals surface area (Å²) in [7, 11) is -3.99. The van der Waals surface area contributed by atoms with Crippen LogP contribution in [0.3, 0.4) is 0 Å². The Bertz CT molecular complexity index is 974. The smallest absolute Gasteiger partial charge is 0.262 e. The molecule has 1 fully saturated rings. The third-order valence-electron chi connectivity index (χ3n) is 5.39. The van der Waals surface area contributed by atoms with Gasteiger partial charge in [0.2, 0.25) is 10.0 Å². The molecule has 9 heteroatoms. The number of hydroxylamine groups is 1. The summed E-state index contributed by atoms with van der Waals surface area (Å²) in [6.45, 7) is 6.74. The van der Waals surface area contributed by atoms with Crippen molar-refractivity contribution in [3.05, 3.63) is 42.5 Å². The van der Waals surface area contributed by atoms with E-state index in [4.69, 9.17) is 4.74 Å². The molecule has 1 amide bonds. The Morgan fingerprint density at radius 2 is 1.83 bits per heavy atom. The largest absolute Gasteiger partial charge is 0.379 e. The van der Waals surface area contributed by atoms with Crippen molar-refractivity contribution in [1.29, 1.82) is 0 Å². The number of ether oxygens (including phenoxy) is 1. The number of morpholine rings is 1. The fourth-order valence-corrected chi connectivity index (χ4v) is 5.52. The molecule has 2 aromatic rings. The van der Waals surface area contributed by atoms with Crippen molar-refractivity contribution >= 4 is 26.7 Å². The number of sulfonamides is 1. The van der Waals surface area contributed by atoms with E-state index >= 15 is 0 Å². The molecule has 2 N–H and O–H groups in total. The van der Waals surface area contributed by atoms with Crippen LogP contribution in [-0.2, 0) is 19.6 Å². The molecule has 8 nitrogen and oxygen atoms in total. The molecule has 1 heterocycles. The fourth-order valence-electron chi connectivity index (χ4n) is 3.77. The second-order valence-electron chi connectivity index (χ2n) is 7.74. The van der Waals surface area contributed by atoms with Gasteiger partial charge in [-0.1, -0.05) is 44.2 Å². The molecule has 1 saturated heterocycles. The van der Waals surface area contributed by atoms with Gasteiger partial charge in [0.25, 0.3) is 5.91 Å². The lowest BCUT2D eigenvalue weighted by Gasteiger charge is -2.34. The number of hydrogen-bond acceptors (Lipinski definition) is 6. The van der Waals surface area contributed by atoms with E-state index in [9.17, 15) is 18.4 Å². The topological polar surface area (TPSA) is 99.2 Å². The van der Waals surface area contributed by atoms with Crippen molar-refractivity contribution in [3.63, 3.8) is 0 Å². The number of amides is 1. The quantitative estimate of drug-likeness (QED) is 0.484. The van der Waals surface area contributed by atoms with E-state index in [1.165, 1.54) is 4.31 Å². The first-order valence-electron chi connectivity index (χ1n) is 10.1. The van der Waals surface area contributed by atoms with E-state index in [2.05, 4.69) is 4.90 Å². The zero-order valence-corrected chi connectivity index (χ0v) is 18.1. The summed E-state index contributed by atoms with van der Waals surface area (Å²) < 4.78 is 33.8. The molecule has 30 heavy (non-hydrogen) atoms. The maximum absolute atomic E-state index is 13.6. The van der Waals surface area contributed by atoms with Gasteiger partial charge < -0.3 is 4.74 Å². The molecule has 2 aromatic carbocycles. The molecular formula is C21H29N3O5S. The molecule has 0 aromatic heterocycles. The Labute approximate surface area is 177 Å². The summed E-state index contributed by atoms with van der Waals surface area (Å²) >= 11 is 0. The van der Waals surface area contributed by atoms with E-state index in [1.807, 2.05) is 24.3 Å². The first-order chi connectivity index (χ1) is 14.3. The summed E-state index contributed by atoms with van der Waals surface area (Å²) in [6.07, 6.45) is 0. The average Bonchev–Trinajstić information content (AvgIpc) is 2.76. The number of nitrogens with zero attached hydrogens (tertiary/aromatic N) is 2. The highest BCUT2D eigenvalue weighted by Gasteiger charge is 2.38. The maximum Gasteiger partial charge on any atom is 0.262 e. The van der Waals surface area contributed by atoms with Gasteiger partial charge in [0.05, 0.1) is 18.1 Å². The molecule has 0 spiro atoms. The van der Waals surface area contributed by atoms with Gasteiger partial charge in [-0.05, 0) is 28.8 Å². The number of carbonyl (C=O) groups is 1. The van der Waals surface area contributed by atoms with Crippen LogP contribution in [0.2, 0.25) is 0 Å². The van der Waals surface area contributed by atoms with E-state index in [0.717, 1.165) is 10.8 Å². The van der Waals surface area contributed by atoms with Crippen LogP contribution in [0, 0.1) is 5.92 Å². The van der Waals surface area contributed by atoms with Crippen LogP contribution in [0.5, 0.6) is 0 Å². The van der Waals surface area contributed by atoms with Crippen molar-refractivity contribution in [3.8, 4) is 0 Å². The monoisotopic (exact) mass is 435 g/mol. The van der Waals surface area contributed by atoms with Crippen LogP contribution in [0.1, 0.15) is 13.8 Å². The normalized spacial score (nSPS) is 16.8. The molecule has 164 valence electrons. The predicted molar refractivity (Wildman–Crippen MR) is 114 cm³/mol. The SMILES string of the molecule is CC(C)C(C(=O)NO)N(CCN1CCOCC1)S(=O)(=O)c1ccc2ccccc2c1. The molecule has 1 aliphatic heterocycles. The van der Waals surface area contributed by atoms with Crippen molar-refractivity contribution in [2.45, 2.75) is 24.8 Å². The Hall–Kier alpha value is -2.04. The van der Waals surface area contributed by atoms with Gasteiger partial charge in [-0.3, -0.25) is 14.9 Å². The van der Waals surface area contributed by atoms with E-state index in [0.29, 0.717) is 32.8 Å². The van der Waals surface area contributed by atoms with Gasteiger partial charge in [0.15, 0.2) is 0 Å². The third-order valence-corrected chi connectivity index (χ3v) is 7.27. The van der Waals surface area contributed by atoms with E-state index < -0.39 is 22.0 Å². The lowest BCUT2D eigenvalue weighted by atomic mass is 10.0. The first kappa shape index (κ1) is 22.6. The molecule has 0 aliphatic carbocycles. The first-order valence-corrected chi connectivity index (χ1v) is 11.5. The molecule has 0 saturated carbocycles. The van der Waals surface area contributed by atoms with Gasteiger partial charge in [-0.15, -0.1) is 0 Å². The predicted octanol–water partition coefficient (Wildman–Crippen LogP) is 1.69. The molecule has 1 aliphatic rings. The molecular weight excluding hydrogens is 406 g/mol. The Morgan fingerprint density at radius 1 is 1.17 bits per heavy atom. The average molecular weight is 436 g/mol. The molecule has 1 atom stereocenters. The van der Waals surface area contributed by atoms with Gasteiger partial charge in [-0.2, -0.15) is 4.31 Å². The van der Waals surface area contributed by atoms with Crippen LogP contribution in [-0.4, -0.2) is 74.2 Å². The van der Waals surface area contributed by atoms with E-state index in [1.54, 1.807) is 37.5 Å². The van der Waals surface area contributed by atoms with Crippen LogP contribution in [0.25, 0.3) is 10.8 Å². The third kappa shape index (κ3) is 4.98. The zero-order valence-electron chi connectivity index (χ0n) is 17.3. The van der Waals surface area contributed by atoms with Crippen molar-refractivity contribution < 1.29 is 23.2 Å². The number of carbonyl (C=O) groups excluding carboxylic acids is 1. The van der Waals surface area contributed by atoms with Gasteiger partial charge in [0, 0.05) is 26.2 Å². The number of fused-ring (bicyclic) bond motifs is 1. The summed E-state index contributed by atoms with van der Waals surface area (Å²) in [4.78, 5) is 14.7. The second-order valence-corrected chi connectivity index (χ2v) is 9.63. The number of hydrogen-bond donors (Lipinski definition) is 2. The minimum absolute atomic E-state index is 0.125. The summed E-state index contributed by atoms with van der Waals surface area (Å²) in [5, 5.41) is 11.0. The van der Waals surface area contributed by atoms with Crippen molar-refractivity contribution in [2.24, 2.45) is 5.92 Å². The van der Waals surface area contributed by atoms with Crippen LogP contribution in [0.4, 0.5) is 0 Å². The Kier molecular flexibility index (Phi) is 7.43. The summed E-state index contributed by atoms with van der Waals surface area (Å²) in [6, 6.07) is 11.4. The highest BCUT2D eigenvalue weighted by atomic mass is 32.2. The number of rotatable bonds is 8. The molecule has 0 radical (unpaired) electrons. The zero-order chi connectivity index (χ0) is 21.7.